The van der Waals surface area contributed by atoms with Crippen molar-refractivity contribution >= 4 is 10.8 Å². The van der Waals surface area contributed by atoms with Crippen LogP contribution in [0.1, 0.15) is 17.2 Å². The molecule has 3 aromatic rings. The van der Waals surface area contributed by atoms with Gasteiger partial charge in [0.2, 0.25) is 0 Å². The van der Waals surface area contributed by atoms with Gasteiger partial charge in [0.05, 0.1) is 14.2 Å². The summed E-state index contributed by atoms with van der Waals surface area (Å²) in [6.45, 7) is 0. The quantitative estimate of drug-likeness (QED) is 0.477. The van der Waals surface area contributed by atoms with Gasteiger partial charge in [0.1, 0.15) is 17.4 Å². The van der Waals surface area contributed by atoms with Crippen molar-refractivity contribution in [2.45, 2.75) is 18.6 Å². The highest BCUT2D eigenvalue weighted by Crippen LogP contribution is 2.43. The second-order valence-corrected chi connectivity index (χ2v) is 6.73. The molecule has 0 N–H and O–H groups in total. The number of rotatable bonds is 4. The number of hydrogen-bond acceptors (Lipinski definition) is 5. The van der Waals surface area contributed by atoms with E-state index in [1.807, 2.05) is 0 Å². The molecule has 2 atom stereocenters. The Kier molecular flexibility index (Phi) is 4.70. The summed E-state index contributed by atoms with van der Waals surface area (Å²) in [5.41, 5.74) is 0.579. The Morgan fingerprint density at radius 2 is 1.79 bits per heavy atom. The summed E-state index contributed by atoms with van der Waals surface area (Å²) in [5, 5.41) is 13.3. The molecule has 0 aromatic heterocycles. The Labute approximate surface area is 164 Å². The Bertz CT molecular complexity index is 1120. The fourth-order valence-electron chi connectivity index (χ4n) is 3.73. The molecule has 6 nitrogen and oxygen atoms in total. The lowest BCUT2D eigenvalue weighted by Gasteiger charge is -2.30. The lowest BCUT2D eigenvalue weighted by atomic mass is 9.89. The van der Waals surface area contributed by atoms with Gasteiger partial charge in [0.25, 0.3) is 6.04 Å². The predicted octanol–water partition coefficient (Wildman–Crippen LogP) is 4.46. The van der Waals surface area contributed by atoms with Crippen LogP contribution in [0.25, 0.3) is 10.8 Å². The molecule has 0 radical (unpaired) electrons. The molecule has 1 aliphatic rings. The van der Waals surface area contributed by atoms with Gasteiger partial charge < -0.3 is 14.2 Å². The zero-order valence-electron chi connectivity index (χ0n) is 15.6. The molecule has 4 rings (SSSR count). The molecule has 0 aliphatic carbocycles. The number of ether oxygens (including phenoxy) is 3. The summed E-state index contributed by atoms with van der Waals surface area (Å²) in [7, 11) is 3.03. The predicted molar refractivity (Wildman–Crippen MR) is 101 cm³/mol. The van der Waals surface area contributed by atoms with E-state index in [1.54, 1.807) is 24.3 Å². The Balaban J connectivity index is 1.86. The third-order valence-electron chi connectivity index (χ3n) is 5.15. The van der Waals surface area contributed by atoms with E-state index in [0.717, 1.165) is 16.8 Å². The molecule has 1 heterocycles. The van der Waals surface area contributed by atoms with Gasteiger partial charge in [-0.2, -0.15) is 0 Å². The Morgan fingerprint density at radius 1 is 1.07 bits per heavy atom. The highest BCUT2D eigenvalue weighted by atomic mass is 19.1. The molecule has 8 heteroatoms. The lowest BCUT2D eigenvalue weighted by Crippen LogP contribution is -2.37. The second-order valence-electron chi connectivity index (χ2n) is 6.73. The third-order valence-corrected chi connectivity index (χ3v) is 5.15. The van der Waals surface area contributed by atoms with Crippen molar-refractivity contribution in [3.63, 3.8) is 0 Å². The van der Waals surface area contributed by atoms with E-state index in [2.05, 4.69) is 0 Å². The summed E-state index contributed by atoms with van der Waals surface area (Å²) in [6.07, 6.45) is -1.15. The van der Waals surface area contributed by atoms with Crippen LogP contribution in [-0.2, 0) is 6.42 Å². The molecule has 3 aromatic carbocycles. The molecule has 1 aliphatic heterocycles. The van der Waals surface area contributed by atoms with Crippen LogP contribution in [-0.4, -0.2) is 25.2 Å². The minimum atomic E-state index is -1.24. The van der Waals surface area contributed by atoms with Gasteiger partial charge >= 0.3 is 0 Å². The van der Waals surface area contributed by atoms with E-state index in [0.29, 0.717) is 28.9 Å². The Morgan fingerprint density at radius 3 is 2.45 bits per heavy atom. The molecule has 2 unspecified atom stereocenters. The van der Waals surface area contributed by atoms with Gasteiger partial charge in [-0.1, -0.05) is 6.07 Å². The van der Waals surface area contributed by atoms with Crippen LogP contribution in [0.4, 0.5) is 8.78 Å². The van der Waals surface area contributed by atoms with Crippen molar-refractivity contribution < 1.29 is 27.9 Å². The Hall–Kier alpha value is -3.42. The zero-order chi connectivity index (χ0) is 20.7. The molecule has 0 fully saturated rings. The number of fused-ring (bicyclic) bond motifs is 3. The molecule has 150 valence electrons. The summed E-state index contributed by atoms with van der Waals surface area (Å²) in [4.78, 5) is 11.3. The largest absolute Gasteiger partial charge is 0.493 e. The lowest BCUT2D eigenvalue weighted by molar-refractivity contribution is -0.535. The monoisotopic (exact) mass is 401 g/mol. The molecule has 0 saturated heterocycles. The maximum Gasteiger partial charge on any atom is 0.257 e. The molecular formula is C21H17F2NO5. The summed E-state index contributed by atoms with van der Waals surface area (Å²) in [5.74, 6) is -0.201. The van der Waals surface area contributed by atoms with Gasteiger partial charge in [0, 0.05) is 28.5 Å². The van der Waals surface area contributed by atoms with E-state index in [1.165, 1.54) is 20.3 Å². The molecule has 29 heavy (non-hydrogen) atoms. The summed E-state index contributed by atoms with van der Waals surface area (Å²) in [6, 6.07) is 8.71. The second kappa shape index (κ2) is 7.20. The fraction of sp³-hybridized carbons (Fsp3) is 0.238. The highest BCUT2D eigenvalue weighted by Gasteiger charge is 2.41. The van der Waals surface area contributed by atoms with Crippen molar-refractivity contribution in [3.8, 4) is 17.2 Å². The summed E-state index contributed by atoms with van der Waals surface area (Å²) < 4.78 is 44.1. The van der Waals surface area contributed by atoms with Crippen LogP contribution in [0.5, 0.6) is 17.2 Å². The first-order chi connectivity index (χ1) is 13.9. The van der Waals surface area contributed by atoms with Crippen LogP contribution >= 0.6 is 0 Å². The van der Waals surface area contributed by atoms with Gasteiger partial charge in [0.15, 0.2) is 17.6 Å². The zero-order valence-corrected chi connectivity index (χ0v) is 15.6. The van der Waals surface area contributed by atoms with E-state index < -0.39 is 28.7 Å². The number of nitrogens with zero attached hydrogens (tertiary/aromatic N) is 1. The SMILES string of the molecule is COc1cc2ccc3c(c2cc1OC)CC([N+](=O)[O-])C(c1ccc(F)cc1F)O3. The number of methoxy groups -OCH3 is 2. The number of hydrogen-bond donors (Lipinski definition) is 0. The van der Waals surface area contributed by atoms with Gasteiger partial charge in [-0.25, -0.2) is 8.78 Å². The van der Waals surface area contributed by atoms with Crippen LogP contribution in [0.15, 0.2) is 42.5 Å². The first-order valence-corrected chi connectivity index (χ1v) is 8.85. The van der Waals surface area contributed by atoms with E-state index >= 15 is 0 Å². The van der Waals surface area contributed by atoms with Crippen molar-refractivity contribution in [1.29, 1.82) is 0 Å². The minimum Gasteiger partial charge on any atom is -0.493 e. The minimum absolute atomic E-state index is 0.0244. The molecule has 0 spiro atoms. The van der Waals surface area contributed by atoms with Crippen molar-refractivity contribution in [2.24, 2.45) is 0 Å². The maximum absolute atomic E-state index is 14.3. The third kappa shape index (κ3) is 3.20. The molecule has 0 amide bonds. The maximum atomic E-state index is 14.3. The topological polar surface area (TPSA) is 70.8 Å². The number of nitro groups is 1. The van der Waals surface area contributed by atoms with Crippen molar-refractivity contribution in [3.05, 3.63) is 75.3 Å². The van der Waals surface area contributed by atoms with Gasteiger partial charge in [-0.3, -0.25) is 10.1 Å². The van der Waals surface area contributed by atoms with E-state index in [9.17, 15) is 18.9 Å². The van der Waals surface area contributed by atoms with Crippen LogP contribution in [0, 0.1) is 21.7 Å². The highest BCUT2D eigenvalue weighted by molar-refractivity contribution is 5.91. The average molecular weight is 401 g/mol. The van der Waals surface area contributed by atoms with Gasteiger partial charge in [-0.15, -0.1) is 0 Å². The average Bonchev–Trinajstić information content (AvgIpc) is 2.71. The normalized spacial score (nSPS) is 18.1. The molecule has 0 saturated carbocycles. The molecule has 0 bridgehead atoms. The number of benzene rings is 3. The fourth-order valence-corrected chi connectivity index (χ4v) is 3.73. The first kappa shape index (κ1) is 18.9. The van der Waals surface area contributed by atoms with Gasteiger partial charge in [-0.05, 0) is 41.1 Å². The van der Waals surface area contributed by atoms with E-state index in [4.69, 9.17) is 14.2 Å². The van der Waals surface area contributed by atoms with E-state index in [-0.39, 0.29) is 12.0 Å². The van der Waals surface area contributed by atoms with Crippen LogP contribution < -0.4 is 14.2 Å². The standard InChI is InChI=1S/C21H17F2NO5/c1-27-19-7-11-3-6-18-15(14(11)10-20(19)28-2)9-17(24(25)26)21(29-18)13-5-4-12(22)8-16(13)23/h3-8,10,17,21H,9H2,1-2H3. The first-order valence-electron chi connectivity index (χ1n) is 8.85. The summed E-state index contributed by atoms with van der Waals surface area (Å²) >= 11 is 0. The van der Waals surface area contributed by atoms with Crippen molar-refractivity contribution in [2.75, 3.05) is 14.2 Å². The van der Waals surface area contributed by atoms with Crippen LogP contribution in [0.3, 0.4) is 0 Å². The smallest absolute Gasteiger partial charge is 0.257 e. The van der Waals surface area contributed by atoms with Crippen molar-refractivity contribution in [1.82, 2.24) is 0 Å². The molecular weight excluding hydrogens is 384 g/mol. The number of halogens is 2. The van der Waals surface area contributed by atoms with Crippen LogP contribution in [0.2, 0.25) is 0 Å².